The van der Waals surface area contributed by atoms with Crippen LogP contribution in [-0.4, -0.2) is 16.3 Å². The lowest BCUT2D eigenvalue weighted by Crippen LogP contribution is -2.06. The Balaban J connectivity index is 1.94. The maximum atomic E-state index is 14.3. The molecular formula is C19H17F2N3. The molecule has 3 nitrogen and oxygen atoms in total. The SMILES string of the molecule is Cc1cccc(-n2nc(-c3ccc(F)cc3F)c3c2NCC3)c1C. The van der Waals surface area contributed by atoms with Gasteiger partial charge in [0.15, 0.2) is 0 Å². The average Bonchev–Trinajstić information content (AvgIpc) is 3.13. The summed E-state index contributed by atoms with van der Waals surface area (Å²) >= 11 is 0. The first-order valence-corrected chi connectivity index (χ1v) is 7.94. The highest BCUT2D eigenvalue weighted by atomic mass is 19.1. The van der Waals surface area contributed by atoms with Crippen LogP contribution in [0.2, 0.25) is 0 Å². The Morgan fingerprint density at radius 1 is 1.12 bits per heavy atom. The van der Waals surface area contributed by atoms with Crippen molar-refractivity contribution < 1.29 is 8.78 Å². The van der Waals surface area contributed by atoms with E-state index in [1.165, 1.54) is 17.7 Å². The lowest BCUT2D eigenvalue weighted by molar-refractivity contribution is 0.585. The maximum absolute atomic E-state index is 14.3. The third-order valence-electron chi connectivity index (χ3n) is 4.64. The number of anilines is 1. The van der Waals surface area contributed by atoms with Gasteiger partial charge in [-0.25, -0.2) is 13.5 Å². The van der Waals surface area contributed by atoms with Gasteiger partial charge in [0.1, 0.15) is 23.1 Å². The molecule has 5 heteroatoms. The van der Waals surface area contributed by atoms with Gasteiger partial charge < -0.3 is 5.32 Å². The van der Waals surface area contributed by atoms with Gasteiger partial charge in [-0.1, -0.05) is 12.1 Å². The van der Waals surface area contributed by atoms with Gasteiger partial charge in [-0.05, 0) is 49.6 Å². The van der Waals surface area contributed by atoms with Crippen LogP contribution >= 0.6 is 0 Å². The van der Waals surface area contributed by atoms with Gasteiger partial charge in [-0.3, -0.25) is 0 Å². The molecule has 3 aromatic rings. The van der Waals surface area contributed by atoms with Gasteiger partial charge >= 0.3 is 0 Å². The predicted octanol–water partition coefficient (Wildman–Crippen LogP) is 4.40. The summed E-state index contributed by atoms with van der Waals surface area (Å²) in [6, 6.07) is 9.67. The Labute approximate surface area is 138 Å². The van der Waals surface area contributed by atoms with Gasteiger partial charge in [0.05, 0.1) is 5.69 Å². The Hall–Kier alpha value is -2.69. The van der Waals surface area contributed by atoms with Crippen LogP contribution in [0.1, 0.15) is 16.7 Å². The molecule has 0 saturated carbocycles. The molecule has 1 N–H and O–H groups in total. The first-order chi connectivity index (χ1) is 11.6. The summed E-state index contributed by atoms with van der Waals surface area (Å²) in [5, 5.41) is 8.00. The molecule has 0 amide bonds. The minimum atomic E-state index is -0.588. The van der Waals surface area contributed by atoms with E-state index in [0.717, 1.165) is 41.7 Å². The highest BCUT2D eigenvalue weighted by Crippen LogP contribution is 2.36. The quantitative estimate of drug-likeness (QED) is 0.757. The van der Waals surface area contributed by atoms with E-state index in [1.54, 1.807) is 0 Å². The summed E-state index contributed by atoms with van der Waals surface area (Å²) in [4.78, 5) is 0. The van der Waals surface area contributed by atoms with E-state index in [4.69, 9.17) is 0 Å². The normalized spacial score (nSPS) is 13.0. The van der Waals surface area contributed by atoms with Gasteiger partial charge in [-0.15, -0.1) is 0 Å². The van der Waals surface area contributed by atoms with Crippen LogP contribution in [0, 0.1) is 25.5 Å². The number of benzene rings is 2. The number of fused-ring (bicyclic) bond motifs is 1. The predicted molar refractivity (Wildman–Crippen MR) is 90.6 cm³/mol. The highest BCUT2D eigenvalue weighted by molar-refractivity contribution is 5.73. The van der Waals surface area contributed by atoms with E-state index < -0.39 is 11.6 Å². The fourth-order valence-corrected chi connectivity index (χ4v) is 3.21. The van der Waals surface area contributed by atoms with Crippen molar-refractivity contribution in [3.05, 3.63) is 64.7 Å². The van der Waals surface area contributed by atoms with Crippen molar-refractivity contribution in [2.75, 3.05) is 11.9 Å². The maximum Gasteiger partial charge on any atom is 0.135 e. The van der Waals surface area contributed by atoms with Crippen molar-refractivity contribution in [2.45, 2.75) is 20.3 Å². The number of aryl methyl sites for hydroxylation is 1. The highest BCUT2D eigenvalue weighted by Gasteiger charge is 2.26. The number of halogens is 2. The summed E-state index contributed by atoms with van der Waals surface area (Å²) in [7, 11) is 0. The summed E-state index contributed by atoms with van der Waals surface area (Å²) in [5.41, 5.74) is 5.15. The summed E-state index contributed by atoms with van der Waals surface area (Å²) in [6.45, 7) is 4.89. The molecule has 1 aliphatic rings. The fourth-order valence-electron chi connectivity index (χ4n) is 3.21. The van der Waals surface area contributed by atoms with E-state index in [0.29, 0.717) is 11.3 Å². The molecule has 2 aromatic carbocycles. The molecule has 0 bridgehead atoms. The molecule has 0 fully saturated rings. The molecule has 0 saturated heterocycles. The number of aromatic nitrogens is 2. The zero-order valence-corrected chi connectivity index (χ0v) is 13.5. The van der Waals surface area contributed by atoms with Crippen LogP contribution in [0.3, 0.4) is 0 Å². The molecule has 2 heterocycles. The Bertz CT molecular complexity index is 944. The van der Waals surface area contributed by atoms with Crippen LogP contribution in [0.4, 0.5) is 14.6 Å². The lowest BCUT2D eigenvalue weighted by atomic mass is 10.1. The van der Waals surface area contributed by atoms with Crippen molar-refractivity contribution in [1.29, 1.82) is 0 Å². The molecule has 1 aliphatic heterocycles. The molecule has 122 valence electrons. The van der Waals surface area contributed by atoms with Crippen molar-refractivity contribution in [3.8, 4) is 16.9 Å². The second-order valence-corrected chi connectivity index (χ2v) is 6.11. The molecule has 0 unspecified atom stereocenters. The first kappa shape index (κ1) is 14.9. The third kappa shape index (κ3) is 2.19. The van der Waals surface area contributed by atoms with Crippen molar-refractivity contribution in [1.82, 2.24) is 9.78 Å². The molecule has 1 aromatic heterocycles. The van der Waals surface area contributed by atoms with E-state index in [-0.39, 0.29) is 0 Å². The minimum Gasteiger partial charge on any atom is -0.369 e. The minimum absolute atomic E-state index is 0.334. The van der Waals surface area contributed by atoms with Crippen LogP contribution in [0.15, 0.2) is 36.4 Å². The Kier molecular flexibility index (Phi) is 3.37. The van der Waals surface area contributed by atoms with E-state index >= 15 is 0 Å². The van der Waals surface area contributed by atoms with E-state index in [1.807, 2.05) is 23.7 Å². The van der Waals surface area contributed by atoms with Gasteiger partial charge in [0, 0.05) is 23.7 Å². The number of nitrogens with zero attached hydrogens (tertiary/aromatic N) is 2. The molecule has 4 rings (SSSR count). The standard InChI is InChI=1S/C19H17F2N3/c1-11-4-3-5-17(12(11)2)24-19-15(8-9-22-19)18(23-24)14-7-6-13(20)10-16(14)21/h3-7,10,22H,8-9H2,1-2H3. The van der Waals surface area contributed by atoms with Crippen LogP contribution in [0.5, 0.6) is 0 Å². The number of hydrogen-bond acceptors (Lipinski definition) is 2. The largest absolute Gasteiger partial charge is 0.369 e. The van der Waals surface area contributed by atoms with Crippen LogP contribution < -0.4 is 5.32 Å². The molecule has 0 atom stereocenters. The fraction of sp³-hybridized carbons (Fsp3) is 0.211. The average molecular weight is 325 g/mol. The smallest absolute Gasteiger partial charge is 0.135 e. The molecule has 0 radical (unpaired) electrons. The molecule has 0 aliphatic carbocycles. The summed E-state index contributed by atoms with van der Waals surface area (Å²) < 4.78 is 29.3. The van der Waals surface area contributed by atoms with Crippen LogP contribution in [0.25, 0.3) is 16.9 Å². The topological polar surface area (TPSA) is 29.9 Å². The first-order valence-electron chi connectivity index (χ1n) is 7.94. The molecule has 0 spiro atoms. The zero-order chi connectivity index (χ0) is 16.8. The van der Waals surface area contributed by atoms with Crippen LogP contribution in [-0.2, 0) is 6.42 Å². The van der Waals surface area contributed by atoms with E-state index in [2.05, 4.69) is 23.4 Å². The molecular weight excluding hydrogens is 308 g/mol. The van der Waals surface area contributed by atoms with Crippen molar-refractivity contribution in [2.24, 2.45) is 0 Å². The van der Waals surface area contributed by atoms with Gasteiger partial charge in [-0.2, -0.15) is 5.10 Å². The summed E-state index contributed by atoms with van der Waals surface area (Å²) in [6.07, 6.45) is 0.770. The lowest BCUT2D eigenvalue weighted by Gasteiger charge is -2.11. The van der Waals surface area contributed by atoms with Gasteiger partial charge in [0.2, 0.25) is 0 Å². The van der Waals surface area contributed by atoms with Crippen molar-refractivity contribution >= 4 is 5.82 Å². The number of nitrogens with one attached hydrogen (secondary N) is 1. The second-order valence-electron chi connectivity index (χ2n) is 6.11. The van der Waals surface area contributed by atoms with E-state index in [9.17, 15) is 8.78 Å². The second kappa shape index (κ2) is 5.44. The number of hydrogen-bond donors (Lipinski definition) is 1. The van der Waals surface area contributed by atoms with Gasteiger partial charge in [0.25, 0.3) is 0 Å². The summed E-state index contributed by atoms with van der Waals surface area (Å²) in [5.74, 6) is -0.280. The Morgan fingerprint density at radius 3 is 2.75 bits per heavy atom. The zero-order valence-electron chi connectivity index (χ0n) is 13.5. The van der Waals surface area contributed by atoms with Crippen molar-refractivity contribution in [3.63, 3.8) is 0 Å². The number of rotatable bonds is 2. The Morgan fingerprint density at radius 2 is 1.96 bits per heavy atom. The molecule has 24 heavy (non-hydrogen) atoms. The monoisotopic (exact) mass is 325 g/mol. The third-order valence-corrected chi connectivity index (χ3v) is 4.64.